The summed E-state index contributed by atoms with van der Waals surface area (Å²) >= 11 is 4.95. The molecule has 0 spiro atoms. The van der Waals surface area contributed by atoms with Gasteiger partial charge in [-0.3, -0.25) is 5.32 Å². The Bertz CT molecular complexity index is 257. The smallest absolute Gasteiger partial charge is 0.450 e. The predicted octanol–water partition coefficient (Wildman–Crippen LogP) is 2.48. The molecule has 0 heterocycles. The van der Waals surface area contributed by atoms with E-state index in [0.29, 0.717) is 11.6 Å². The van der Waals surface area contributed by atoms with Gasteiger partial charge in [-0.2, -0.15) is 0 Å². The van der Waals surface area contributed by atoms with Crippen molar-refractivity contribution in [2.45, 2.75) is 6.92 Å². The summed E-state index contributed by atoms with van der Waals surface area (Å²) in [7, 11) is 0. The first kappa shape index (κ1) is 18.9. The fraction of sp³-hybridized carbons (Fsp3) is 0.143. The van der Waals surface area contributed by atoms with Crippen molar-refractivity contribution in [2.75, 3.05) is 6.61 Å². The Kier molecular flexibility index (Phi) is 11.6. The van der Waals surface area contributed by atoms with Gasteiger partial charge in [0.2, 0.25) is 0 Å². The van der Waals surface area contributed by atoms with Crippen LogP contribution in [0.5, 0.6) is 0 Å². The predicted molar refractivity (Wildman–Crippen MR) is 74.7 cm³/mol. The second kappa shape index (κ2) is 11.7. The van der Waals surface area contributed by atoms with E-state index in [2.05, 4.69) is 10.1 Å². The zero-order valence-corrected chi connectivity index (χ0v) is 12.4. The largest absolute Gasteiger partial charge is 2.00 e. The normalized spacial score (nSPS) is 17.9. The molecule has 0 aliphatic heterocycles. The van der Waals surface area contributed by atoms with Gasteiger partial charge in [-0.15, -0.1) is 0 Å². The second-order valence-corrected chi connectivity index (χ2v) is 3.72. The summed E-state index contributed by atoms with van der Waals surface area (Å²) in [6.45, 7) is 2.08. The van der Waals surface area contributed by atoms with Crippen LogP contribution in [0.1, 0.15) is 6.92 Å². The number of carbonyl (C=O) groups excluding carboxylic acids is 1. The molecular formula is C14H15FeNO2S+2. The number of thiocarbonyl (C=S) groups is 1. The number of alkyl carbamates (subject to hydrolysis) is 1. The number of nitrogens with one attached hydrogen (secondary N) is 1. The molecular weight excluding hydrogens is 302 g/mol. The minimum atomic E-state index is -0.506. The van der Waals surface area contributed by atoms with Gasteiger partial charge in [0, 0.05) is 5.92 Å². The van der Waals surface area contributed by atoms with Crippen LogP contribution in [0.3, 0.4) is 0 Å². The van der Waals surface area contributed by atoms with E-state index < -0.39 is 6.09 Å². The van der Waals surface area contributed by atoms with Gasteiger partial charge in [-0.1, -0.05) is 12.2 Å². The van der Waals surface area contributed by atoms with E-state index in [4.69, 9.17) is 12.2 Å². The van der Waals surface area contributed by atoms with Crippen molar-refractivity contribution in [3.8, 4) is 0 Å². The van der Waals surface area contributed by atoms with E-state index in [-0.39, 0.29) is 17.1 Å². The van der Waals surface area contributed by atoms with E-state index in [1.165, 1.54) is 0 Å². The molecule has 0 atom stereocenters. The topological polar surface area (TPSA) is 38.3 Å². The molecule has 1 amide bonds. The van der Waals surface area contributed by atoms with Gasteiger partial charge in [0.25, 0.3) is 0 Å². The molecule has 19 heavy (non-hydrogen) atoms. The molecule has 2 rings (SSSR count). The fourth-order valence-corrected chi connectivity index (χ4v) is 1.40. The monoisotopic (exact) mass is 317 g/mol. The SMILES string of the molecule is CCOC(=O)NC(=S)[C]1[CH][CH][CH][CH]1.[CH]1[CH][CH][CH][CH]1.[Fe+2]. The zero-order chi connectivity index (χ0) is 13.2. The molecule has 0 aromatic rings. The van der Waals surface area contributed by atoms with Crippen molar-refractivity contribution in [2.24, 2.45) is 0 Å². The quantitative estimate of drug-likeness (QED) is 0.628. The van der Waals surface area contributed by atoms with Gasteiger partial charge < -0.3 is 4.74 Å². The van der Waals surface area contributed by atoms with Gasteiger partial charge in [-0.25, -0.2) is 4.79 Å². The molecule has 10 radical (unpaired) electrons. The Morgan fingerprint density at radius 3 is 2.00 bits per heavy atom. The number of carbonyl (C=O) groups is 1. The Hall–Kier alpha value is -0.121. The van der Waals surface area contributed by atoms with E-state index in [1.54, 1.807) is 6.92 Å². The van der Waals surface area contributed by atoms with Gasteiger partial charge in [-0.05, 0) is 64.7 Å². The molecule has 0 saturated heterocycles. The minimum absolute atomic E-state index is 0. The summed E-state index contributed by atoms with van der Waals surface area (Å²) in [5, 5.41) is 2.45. The first-order valence-corrected chi connectivity index (χ1v) is 6.01. The van der Waals surface area contributed by atoms with Crippen LogP contribution >= 0.6 is 12.2 Å². The molecule has 3 nitrogen and oxygen atoms in total. The summed E-state index contributed by atoms with van der Waals surface area (Å²) < 4.78 is 4.67. The Morgan fingerprint density at radius 1 is 1.11 bits per heavy atom. The molecule has 0 bridgehead atoms. The molecule has 5 heteroatoms. The van der Waals surface area contributed by atoms with Crippen molar-refractivity contribution in [3.63, 3.8) is 0 Å². The number of hydrogen-bond acceptors (Lipinski definition) is 3. The van der Waals surface area contributed by atoms with Crippen LogP contribution in [0.4, 0.5) is 4.79 Å². The van der Waals surface area contributed by atoms with Gasteiger partial charge in [0.1, 0.15) is 0 Å². The van der Waals surface area contributed by atoms with Crippen LogP contribution in [0.25, 0.3) is 0 Å². The standard InChI is InChI=1S/C9H10NO2S.C5H5.Fe/c1-2-12-9(11)10-8(13)7-5-3-4-6-7;1-2-4-5-3-1;/h3-6H,2H2,1H3,(H,10,11,13);1-5H;/q;;+2. The Balaban J connectivity index is 0.000000454. The maximum Gasteiger partial charge on any atom is 2.00 e. The molecule has 0 aromatic carbocycles. The van der Waals surface area contributed by atoms with E-state index in [9.17, 15) is 4.79 Å². The van der Waals surface area contributed by atoms with Crippen LogP contribution in [0.15, 0.2) is 0 Å². The first-order valence-electron chi connectivity index (χ1n) is 5.60. The summed E-state index contributed by atoms with van der Waals surface area (Å²) in [6.07, 6.45) is 16.9. The molecule has 0 aromatic heterocycles. The number of ether oxygens (including phenoxy) is 1. The zero-order valence-electron chi connectivity index (χ0n) is 10.5. The minimum Gasteiger partial charge on any atom is -0.450 e. The van der Waals surface area contributed by atoms with Gasteiger partial charge in [0.05, 0.1) is 11.6 Å². The molecule has 2 fully saturated rings. The first-order chi connectivity index (χ1) is 8.74. The molecule has 0 unspecified atom stereocenters. The van der Waals surface area contributed by atoms with Crippen molar-refractivity contribution < 1.29 is 26.6 Å². The van der Waals surface area contributed by atoms with Crippen LogP contribution in [-0.4, -0.2) is 17.7 Å². The fourth-order valence-electron chi connectivity index (χ4n) is 1.18. The summed E-state index contributed by atoms with van der Waals surface area (Å²) in [4.78, 5) is 11.3. The van der Waals surface area contributed by atoms with Crippen molar-refractivity contribution >= 4 is 23.3 Å². The van der Waals surface area contributed by atoms with E-state index >= 15 is 0 Å². The van der Waals surface area contributed by atoms with Gasteiger partial charge >= 0.3 is 23.2 Å². The molecule has 1 N–H and O–H groups in total. The third kappa shape index (κ3) is 8.61. The molecule has 2 aliphatic rings. The summed E-state index contributed by atoms with van der Waals surface area (Å²) in [5.41, 5.74) is 0. The Labute approximate surface area is 132 Å². The number of amides is 1. The van der Waals surface area contributed by atoms with Crippen molar-refractivity contribution in [1.82, 2.24) is 5.32 Å². The van der Waals surface area contributed by atoms with Gasteiger partial charge in [0.15, 0.2) is 0 Å². The summed E-state index contributed by atoms with van der Waals surface area (Å²) in [5.74, 6) is 0.822. The number of hydrogen-bond donors (Lipinski definition) is 1. The maximum absolute atomic E-state index is 10.9. The van der Waals surface area contributed by atoms with Crippen LogP contribution < -0.4 is 5.32 Å². The van der Waals surface area contributed by atoms with Crippen LogP contribution in [0.2, 0.25) is 0 Å². The second-order valence-electron chi connectivity index (χ2n) is 3.31. The molecule has 2 aliphatic carbocycles. The Morgan fingerprint density at radius 2 is 1.58 bits per heavy atom. The third-order valence-electron chi connectivity index (χ3n) is 1.97. The molecule has 100 valence electrons. The number of rotatable bonds is 2. The van der Waals surface area contributed by atoms with Crippen molar-refractivity contribution in [1.29, 1.82) is 0 Å². The van der Waals surface area contributed by atoms with E-state index in [1.807, 2.05) is 57.8 Å². The average molecular weight is 317 g/mol. The van der Waals surface area contributed by atoms with Crippen molar-refractivity contribution in [3.05, 3.63) is 63.7 Å². The average Bonchev–Trinajstić information content (AvgIpc) is 3.06. The van der Waals surface area contributed by atoms with Crippen LogP contribution in [-0.2, 0) is 21.8 Å². The van der Waals surface area contributed by atoms with Crippen LogP contribution in [0, 0.1) is 63.7 Å². The maximum atomic E-state index is 10.9. The summed E-state index contributed by atoms with van der Waals surface area (Å²) in [6, 6.07) is 0. The van der Waals surface area contributed by atoms with E-state index in [0.717, 1.165) is 5.92 Å². The molecule has 2 saturated carbocycles. The third-order valence-corrected chi connectivity index (χ3v) is 2.31.